The van der Waals surface area contributed by atoms with Crippen LogP contribution in [0.15, 0.2) is 41.7 Å². The molecule has 0 fully saturated rings. The lowest BCUT2D eigenvalue weighted by Gasteiger charge is -2.09. The SMILES string of the molecule is Cc1cccc(-n2nnnc2SCC(=O)Nc2ccc(Cl)cn2)c1C. The lowest BCUT2D eigenvalue weighted by Crippen LogP contribution is -2.15. The van der Waals surface area contributed by atoms with Crippen molar-refractivity contribution in [3.63, 3.8) is 0 Å². The van der Waals surface area contributed by atoms with E-state index in [-0.39, 0.29) is 11.7 Å². The molecule has 3 rings (SSSR count). The fraction of sp³-hybridized carbons (Fsp3) is 0.188. The second kappa shape index (κ2) is 7.62. The Kier molecular flexibility index (Phi) is 5.30. The number of tetrazole rings is 1. The van der Waals surface area contributed by atoms with Crippen LogP contribution in [0.5, 0.6) is 0 Å². The zero-order valence-corrected chi connectivity index (χ0v) is 15.2. The summed E-state index contributed by atoms with van der Waals surface area (Å²) in [5, 5.41) is 15.5. The van der Waals surface area contributed by atoms with Gasteiger partial charge in [0.25, 0.3) is 0 Å². The van der Waals surface area contributed by atoms with Crippen molar-refractivity contribution < 1.29 is 4.79 Å². The van der Waals surface area contributed by atoms with Crippen LogP contribution in [0.1, 0.15) is 11.1 Å². The maximum Gasteiger partial charge on any atom is 0.236 e. The van der Waals surface area contributed by atoms with Crippen molar-refractivity contribution in [2.75, 3.05) is 11.1 Å². The Morgan fingerprint density at radius 2 is 2.12 bits per heavy atom. The number of benzene rings is 1. The van der Waals surface area contributed by atoms with E-state index in [2.05, 4.69) is 25.8 Å². The first-order valence-corrected chi connectivity index (χ1v) is 8.80. The second-order valence-corrected chi connectivity index (χ2v) is 6.67. The Morgan fingerprint density at radius 1 is 1.28 bits per heavy atom. The van der Waals surface area contributed by atoms with Crippen LogP contribution in [0.4, 0.5) is 5.82 Å². The number of hydrogen-bond acceptors (Lipinski definition) is 6. The number of carbonyl (C=O) groups is 1. The van der Waals surface area contributed by atoms with Gasteiger partial charge < -0.3 is 5.32 Å². The molecule has 0 radical (unpaired) electrons. The first-order chi connectivity index (χ1) is 12.0. The molecule has 1 N–H and O–H groups in total. The highest BCUT2D eigenvalue weighted by atomic mass is 35.5. The molecule has 7 nitrogen and oxygen atoms in total. The average molecular weight is 375 g/mol. The largest absolute Gasteiger partial charge is 0.310 e. The first kappa shape index (κ1) is 17.4. The van der Waals surface area contributed by atoms with E-state index in [9.17, 15) is 4.79 Å². The Labute approximate surface area is 153 Å². The van der Waals surface area contributed by atoms with Crippen molar-refractivity contribution in [2.45, 2.75) is 19.0 Å². The minimum absolute atomic E-state index is 0.162. The molecule has 3 aromatic rings. The third-order valence-corrected chi connectivity index (χ3v) is 4.72. The molecule has 0 atom stereocenters. The number of aryl methyl sites for hydroxylation is 1. The summed E-state index contributed by atoms with van der Waals surface area (Å²) in [6, 6.07) is 9.24. The summed E-state index contributed by atoms with van der Waals surface area (Å²) in [5.41, 5.74) is 3.13. The van der Waals surface area contributed by atoms with Crippen LogP contribution in [0, 0.1) is 13.8 Å². The topological polar surface area (TPSA) is 85.6 Å². The van der Waals surface area contributed by atoms with Gasteiger partial charge in [-0.1, -0.05) is 35.5 Å². The predicted octanol–water partition coefficient (Wildman–Crippen LogP) is 3.06. The molecule has 9 heteroatoms. The Morgan fingerprint density at radius 3 is 2.88 bits per heavy atom. The fourth-order valence-electron chi connectivity index (χ4n) is 2.14. The standard InChI is InChI=1S/C16H15ClN6OS/c1-10-4-3-5-13(11(10)2)23-16(20-21-22-23)25-9-15(24)19-14-7-6-12(17)8-18-14/h3-8H,9H2,1-2H3,(H,18,19,24). The van der Waals surface area contributed by atoms with Gasteiger partial charge in [0, 0.05) is 6.20 Å². The number of pyridine rings is 1. The molecule has 0 aliphatic heterocycles. The van der Waals surface area contributed by atoms with Crippen LogP contribution in [-0.4, -0.2) is 36.9 Å². The molecule has 0 spiro atoms. The van der Waals surface area contributed by atoms with Crippen molar-refractivity contribution in [3.05, 3.63) is 52.7 Å². The molecule has 2 heterocycles. The van der Waals surface area contributed by atoms with Crippen LogP contribution in [0.3, 0.4) is 0 Å². The lowest BCUT2D eigenvalue weighted by atomic mass is 10.1. The number of amides is 1. The van der Waals surface area contributed by atoms with Crippen molar-refractivity contribution in [1.82, 2.24) is 25.2 Å². The highest BCUT2D eigenvalue weighted by molar-refractivity contribution is 7.99. The molecule has 0 saturated heterocycles. The number of hydrogen-bond donors (Lipinski definition) is 1. The molecular formula is C16H15ClN6OS. The third-order valence-electron chi connectivity index (χ3n) is 3.57. The number of carbonyl (C=O) groups excluding carboxylic acids is 1. The Hall–Kier alpha value is -2.45. The van der Waals surface area contributed by atoms with Crippen LogP contribution in [0.2, 0.25) is 5.02 Å². The van der Waals surface area contributed by atoms with Gasteiger partial charge in [-0.3, -0.25) is 4.79 Å². The van der Waals surface area contributed by atoms with Crippen molar-refractivity contribution in [3.8, 4) is 5.69 Å². The van der Waals surface area contributed by atoms with E-state index in [0.29, 0.717) is 16.0 Å². The zero-order valence-electron chi connectivity index (χ0n) is 13.6. The molecule has 0 saturated carbocycles. The summed E-state index contributed by atoms with van der Waals surface area (Å²) in [5.74, 6) is 0.412. The lowest BCUT2D eigenvalue weighted by molar-refractivity contribution is -0.113. The van der Waals surface area contributed by atoms with E-state index in [1.165, 1.54) is 18.0 Å². The number of nitrogens with zero attached hydrogens (tertiary/aromatic N) is 5. The van der Waals surface area contributed by atoms with Crippen molar-refractivity contribution >= 4 is 35.1 Å². The predicted molar refractivity (Wildman–Crippen MR) is 97.2 cm³/mol. The van der Waals surface area contributed by atoms with Gasteiger partial charge in [-0.15, -0.1) is 5.10 Å². The molecule has 0 bridgehead atoms. The molecule has 128 valence electrons. The molecule has 0 aliphatic rings. The van der Waals surface area contributed by atoms with Crippen LogP contribution in [-0.2, 0) is 4.79 Å². The smallest absolute Gasteiger partial charge is 0.236 e. The summed E-state index contributed by atoms with van der Waals surface area (Å²) >= 11 is 7.03. The van der Waals surface area contributed by atoms with Gasteiger partial charge in [0.1, 0.15) is 5.82 Å². The third kappa shape index (κ3) is 4.15. The maximum absolute atomic E-state index is 12.1. The molecule has 1 aromatic carbocycles. The van der Waals surface area contributed by atoms with Gasteiger partial charge in [-0.05, 0) is 53.6 Å². The second-order valence-electron chi connectivity index (χ2n) is 5.29. The number of thioether (sulfide) groups is 1. The van der Waals surface area contributed by atoms with Gasteiger partial charge in [0.2, 0.25) is 11.1 Å². The Balaban J connectivity index is 1.68. The molecule has 0 unspecified atom stereocenters. The summed E-state index contributed by atoms with van der Waals surface area (Å²) < 4.78 is 1.64. The Bertz CT molecular complexity index is 896. The minimum Gasteiger partial charge on any atom is -0.310 e. The highest BCUT2D eigenvalue weighted by Gasteiger charge is 2.14. The number of aromatic nitrogens is 5. The number of nitrogens with one attached hydrogen (secondary N) is 1. The minimum atomic E-state index is -0.199. The van der Waals surface area contributed by atoms with Gasteiger partial charge >= 0.3 is 0 Å². The van der Waals surface area contributed by atoms with Crippen molar-refractivity contribution in [1.29, 1.82) is 0 Å². The van der Waals surface area contributed by atoms with Crippen LogP contribution in [0.25, 0.3) is 5.69 Å². The van der Waals surface area contributed by atoms with E-state index >= 15 is 0 Å². The van der Waals surface area contributed by atoms with Crippen molar-refractivity contribution in [2.24, 2.45) is 0 Å². The molecule has 25 heavy (non-hydrogen) atoms. The van der Waals surface area contributed by atoms with E-state index in [4.69, 9.17) is 11.6 Å². The maximum atomic E-state index is 12.1. The summed E-state index contributed by atoms with van der Waals surface area (Å²) in [6.45, 7) is 4.04. The van der Waals surface area contributed by atoms with E-state index < -0.39 is 0 Å². The normalized spacial score (nSPS) is 10.7. The zero-order chi connectivity index (χ0) is 17.8. The molecule has 1 amide bonds. The average Bonchev–Trinajstić information content (AvgIpc) is 3.06. The number of rotatable bonds is 5. The highest BCUT2D eigenvalue weighted by Crippen LogP contribution is 2.22. The molecule has 0 aliphatic carbocycles. The van der Waals surface area contributed by atoms with Gasteiger partial charge in [0.15, 0.2) is 0 Å². The summed E-state index contributed by atoms with van der Waals surface area (Å²) in [7, 11) is 0. The first-order valence-electron chi connectivity index (χ1n) is 7.44. The van der Waals surface area contributed by atoms with Gasteiger partial charge in [-0.25, -0.2) is 4.98 Å². The quantitative estimate of drug-likeness (QED) is 0.691. The summed E-state index contributed by atoms with van der Waals surface area (Å²) in [6.07, 6.45) is 1.48. The fourth-order valence-corrected chi connectivity index (χ4v) is 2.94. The molecule has 2 aromatic heterocycles. The number of anilines is 1. The molecular weight excluding hydrogens is 360 g/mol. The number of halogens is 1. The van der Waals surface area contributed by atoms with E-state index in [1.807, 2.05) is 32.0 Å². The monoisotopic (exact) mass is 374 g/mol. The van der Waals surface area contributed by atoms with Crippen LogP contribution < -0.4 is 5.32 Å². The van der Waals surface area contributed by atoms with E-state index in [1.54, 1.807) is 16.8 Å². The van der Waals surface area contributed by atoms with Crippen LogP contribution >= 0.6 is 23.4 Å². The summed E-state index contributed by atoms with van der Waals surface area (Å²) in [4.78, 5) is 16.1. The van der Waals surface area contributed by atoms with Gasteiger partial charge in [0.05, 0.1) is 16.5 Å². The van der Waals surface area contributed by atoms with Gasteiger partial charge in [-0.2, -0.15) is 4.68 Å². The van der Waals surface area contributed by atoms with E-state index in [0.717, 1.165) is 16.8 Å².